The van der Waals surface area contributed by atoms with E-state index in [2.05, 4.69) is 26.5 Å². The fourth-order valence-corrected chi connectivity index (χ4v) is 2.77. The molecule has 0 aromatic heterocycles. The molecule has 1 fully saturated rings. The summed E-state index contributed by atoms with van der Waals surface area (Å²) in [6.45, 7) is 8.68. The quantitative estimate of drug-likeness (QED) is 0.650. The lowest BCUT2D eigenvalue weighted by Crippen LogP contribution is -2.44. The zero-order chi connectivity index (χ0) is 11.6. The Labute approximate surface area is 93.6 Å². The Morgan fingerprint density at radius 1 is 1.53 bits per heavy atom. The van der Waals surface area contributed by atoms with Crippen molar-refractivity contribution in [3.8, 4) is 6.07 Å². The molecule has 2 nitrogen and oxygen atoms in total. The number of hydrogen-bond donors (Lipinski definition) is 0. The topological polar surface area (TPSA) is 27.0 Å². The molecule has 0 radical (unpaired) electrons. The van der Waals surface area contributed by atoms with Crippen LogP contribution in [0.25, 0.3) is 0 Å². The van der Waals surface area contributed by atoms with Crippen LogP contribution in [-0.4, -0.2) is 25.0 Å². The summed E-state index contributed by atoms with van der Waals surface area (Å²) < 4.78 is 0. The highest BCUT2D eigenvalue weighted by molar-refractivity contribution is 5.17. The van der Waals surface area contributed by atoms with Crippen LogP contribution < -0.4 is 0 Å². The summed E-state index contributed by atoms with van der Waals surface area (Å²) in [6.07, 6.45) is 3.50. The summed E-state index contributed by atoms with van der Waals surface area (Å²) >= 11 is 0. The van der Waals surface area contributed by atoms with Gasteiger partial charge in [0, 0.05) is 5.92 Å². The second-order valence-electron chi connectivity index (χ2n) is 5.52. The Hall–Kier alpha value is -0.810. The molecule has 1 aliphatic rings. The molecule has 15 heavy (non-hydrogen) atoms. The molecule has 0 aromatic rings. The molecule has 0 N–H and O–H groups in total. The first-order valence-electron chi connectivity index (χ1n) is 5.64. The summed E-state index contributed by atoms with van der Waals surface area (Å²) in [6, 6.07) is 2.39. The first-order chi connectivity index (χ1) is 6.90. The van der Waals surface area contributed by atoms with Crippen molar-refractivity contribution in [2.75, 3.05) is 14.1 Å². The lowest BCUT2D eigenvalue weighted by atomic mass is 9.64. The van der Waals surface area contributed by atoms with E-state index in [-0.39, 0.29) is 11.5 Å². The average Bonchev–Trinajstić information content (AvgIpc) is 2.10. The Morgan fingerprint density at radius 3 is 2.53 bits per heavy atom. The number of hydrogen-bond acceptors (Lipinski definition) is 2. The molecular formula is C13H22N2. The summed E-state index contributed by atoms with van der Waals surface area (Å²) in [5.74, 6) is 0.311. The van der Waals surface area contributed by atoms with Gasteiger partial charge in [0.1, 0.15) is 6.04 Å². The molecule has 0 spiro atoms. The Bertz CT molecular complexity index is 283. The predicted octanol–water partition coefficient (Wildman–Crippen LogP) is 2.82. The summed E-state index contributed by atoms with van der Waals surface area (Å²) in [5, 5.41) is 9.27. The van der Waals surface area contributed by atoms with Gasteiger partial charge in [0.25, 0.3) is 0 Å². The van der Waals surface area contributed by atoms with Gasteiger partial charge < -0.3 is 0 Å². The highest BCUT2D eigenvalue weighted by atomic mass is 15.1. The molecule has 2 unspecified atom stereocenters. The third-order valence-corrected chi connectivity index (χ3v) is 3.61. The number of nitriles is 1. The monoisotopic (exact) mass is 206 g/mol. The third kappa shape index (κ3) is 2.41. The van der Waals surface area contributed by atoms with Gasteiger partial charge in [-0.25, -0.2) is 0 Å². The zero-order valence-corrected chi connectivity index (χ0v) is 10.4. The fraction of sp³-hybridized carbons (Fsp3) is 0.769. The molecule has 0 bridgehead atoms. The van der Waals surface area contributed by atoms with Gasteiger partial charge in [-0.05, 0) is 38.8 Å². The van der Waals surface area contributed by atoms with Gasteiger partial charge >= 0.3 is 0 Å². The van der Waals surface area contributed by atoms with Crippen molar-refractivity contribution in [3.05, 3.63) is 12.2 Å². The van der Waals surface area contributed by atoms with Gasteiger partial charge in [0.2, 0.25) is 0 Å². The smallest absolute Gasteiger partial charge is 0.104 e. The Balaban J connectivity index is 2.97. The van der Waals surface area contributed by atoms with Crippen molar-refractivity contribution < 1.29 is 0 Å². The standard InChI is InChI=1S/C13H22N2/c1-10-7-6-8-13(2,3)12(10)11(9-14)15(4)5/h11-12H,1,6-8H2,2-5H3. The van der Waals surface area contributed by atoms with Crippen molar-refractivity contribution >= 4 is 0 Å². The van der Waals surface area contributed by atoms with Crippen LogP contribution in [0.3, 0.4) is 0 Å². The van der Waals surface area contributed by atoms with Gasteiger partial charge in [-0.1, -0.05) is 26.0 Å². The molecule has 84 valence electrons. The Morgan fingerprint density at radius 2 is 2.13 bits per heavy atom. The fourth-order valence-electron chi connectivity index (χ4n) is 2.77. The van der Waals surface area contributed by atoms with Crippen LogP contribution in [0.1, 0.15) is 33.1 Å². The van der Waals surface area contributed by atoms with E-state index in [0.29, 0.717) is 5.92 Å². The number of rotatable bonds is 2. The molecule has 0 aliphatic heterocycles. The van der Waals surface area contributed by atoms with Gasteiger partial charge in [-0.15, -0.1) is 0 Å². The van der Waals surface area contributed by atoms with Crippen molar-refractivity contribution in [3.63, 3.8) is 0 Å². The molecule has 0 saturated heterocycles. The van der Waals surface area contributed by atoms with E-state index >= 15 is 0 Å². The zero-order valence-electron chi connectivity index (χ0n) is 10.4. The maximum absolute atomic E-state index is 9.27. The van der Waals surface area contributed by atoms with Gasteiger partial charge in [0.05, 0.1) is 6.07 Å². The van der Waals surface area contributed by atoms with E-state index in [1.54, 1.807) is 0 Å². The first kappa shape index (κ1) is 12.3. The van der Waals surface area contributed by atoms with E-state index in [9.17, 15) is 5.26 Å². The van der Waals surface area contributed by atoms with Crippen molar-refractivity contribution in [1.82, 2.24) is 4.90 Å². The van der Waals surface area contributed by atoms with Crippen molar-refractivity contribution in [1.29, 1.82) is 5.26 Å². The second-order valence-corrected chi connectivity index (χ2v) is 5.52. The van der Waals surface area contributed by atoms with Crippen LogP contribution >= 0.6 is 0 Å². The summed E-state index contributed by atoms with van der Waals surface area (Å²) in [5.41, 5.74) is 1.46. The lowest BCUT2D eigenvalue weighted by Gasteiger charge is -2.44. The van der Waals surface area contributed by atoms with E-state index in [4.69, 9.17) is 0 Å². The highest BCUT2D eigenvalue weighted by Crippen LogP contribution is 2.45. The van der Waals surface area contributed by atoms with Crippen molar-refractivity contribution in [2.45, 2.75) is 39.2 Å². The second kappa shape index (κ2) is 4.37. The first-order valence-corrected chi connectivity index (χ1v) is 5.64. The molecule has 1 rings (SSSR count). The average molecular weight is 206 g/mol. The SMILES string of the molecule is C=C1CCCC(C)(C)C1C(C#N)N(C)C. The van der Waals surface area contributed by atoms with E-state index in [1.165, 1.54) is 18.4 Å². The maximum Gasteiger partial charge on any atom is 0.104 e. The lowest BCUT2D eigenvalue weighted by molar-refractivity contribution is 0.123. The summed E-state index contributed by atoms with van der Waals surface area (Å²) in [7, 11) is 3.96. The molecule has 1 saturated carbocycles. The molecular weight excluding hydrogens is 184 g/mol. The van der Waals surface area contributed by atoms with Crippen LogP contribution in [-0.2, 0) is 0 Å². The van der Waals surface area contributed by atoms with E-state index < -0.39 is 0 Å². The van der Waals surface area contributed by atoms with Gasteiger partial charge in [-0.3, -0.25) is 4.90 Å². The normalized spacial score (nSPS) is 27.5. The van der Waals surface area contributed by atoms with Crippen LogP contribution in [0.15, 0.2) is 12.2 Å². The van der Waals surface area contributed by atoms with Crippen LogP contribution in [0.2, 0.25) is 0 Å². The third-order valence-electron chi connectivity index (χ3n) is 3.61. The largest absolute Gasteiger partial charge is 0.294 e. The van der Waals surface area contributed by atoms with Crippen LogP contribution in [0.4, 0.5) is 0 Å². The molecule has 2 atom stereocenters. The van der Waals surface area contributed by atoms with E-state index in [0.717, 1.165) is 6.42 Å². The molecule has 1 aliphatic carbocycles. The van der Waals surface area contributed by atoms with E-state index in [1.807, 2.05) is 19.0 Å². The molecule has 0 heterocycles. The molecule has 2 heteroatoms. The highest BCUT2D eigenvalue weighted by Gasteiger charge is 2.40. The Kier molecular flexibility index (Phi) is 3.57. The van der Waals surface area contributed by atoms with Crippen molar-refractivity contribution in [2.24, 2.45) is 11.3 Å². The number of nitrogens with zero attached hydrogens (tertiary/aromatic N) is 2. The van der Waals surface area contributed by atoms with Crippen LogP contribution in [0.5, 0.6) is 0 Å². The summed E-state index contributed by atoms with van der Waals surface area (Å²) in [4.78, 5) is 2.02. The predicted molar refractivity (Wildman–Crippen MR) is 63.4 cm³/mol. The van der Waals surface area contributed by atoms with Crippen LogP contribution in [0, 0.1) is 22.7 Å². The minimum absolute atomic E-state index is 0.0344. The maximum atomic E-state index is 9.27. The van der Waals surface area contributed by atoms with Gasteiger partial charge in [-0.2, -0.15) is 5.26 Å². The van der Waals surface area contributed by atoms with Gasteiger partial charge in [0.15, 0.2) is 0 Å². The molecule has 0 aromatic carbocycles. The minimum Gasteiger partial charge on any atom is -0.294 e. The minimum atomic E-state index is -0.0344. The molecule has 0 amide bonds.